The Hall–Kier alpha value is -1.98. The predicted octanol–water partition coefficient (Wildman–Crippen LogP) is 2.26. The smallest absolute Gasteiger partial charge is 0.304 e. The van der Waals surface area contributed by atoms with Crippen LogP contribution in [0.15, 0.2) is 18.2 Å². The van der Waals surface area contributed by atoms with Gasteiger partial charge in [0.15, 0.2) is 0 Å². The molecule has 0 atom stereocenters. The summed E-state index contributed by atoms with van der Waals surface area (Å²) in [6, 6.07) is 3.10. The van der Waals surface area contributed by atoms with E-state index in [2.05, 4.69) is 5.32 Å². The van der Waals surface area contributed by atoms with Crippen LogP contribution in [-0.2, 0) is 0 Å². The zero-order chi connectivity index (χ0) is 12.8. The number of amides is 1. The third-order valence-corrected chi connectivity index (χ3v) is 2.22. The lowest BCUT2D eigenvalue weighted by Gasteiger charge is -2.04. The fraction of sp³-hybridized carbons (Fsp3) is 0.364. The Labute approximate surface area is 97.8 Å². The number of nitro groups is 1. The fourth-order valence-corrected chi connectivity index (χ4v) is 1.28. The average molecular weight is 240 g/mol. The molecule has 5 nitrogen and oxygen atoms in total. The van der Waals surface area contributed by atoms with Crippen LogP contribution < -0.4 is 5.32 Å². The third kappa shape index (κ3) is 3.51. The molecule has 92 valence electrons. The lowest BCUT2D eigenvalue weighted by molar-refractivity contribution is -0.387. The van der Waals surface area contributed by atoms with E-state index >= 15 is 0 Å². The van der Waals surface area contributed by atoms with Crippen molar-refractivity contribution in [1.82, 2.24) is 5.32 Å². The monoisotopic (exact) mass is 240 g/mol. The Kier molecular flexibility index (Phi) is 4.56. The SMILES string of the molecule is CCCCNC(=O)c1ccc([N+](=O)[O-])c(F)c1. The van der Waals surface area contributed by atoms with Crippen molar-refractivity contribution in [2.45, 2.75) is 19.8 Å². The van der Waals surface area contributed by atoms with Crippen LogP contribution in [0.25, 0.3) is 0 Å². The van der Waals surface area contributed by atoms with E-state index in [1.807, 2.05) is 6.92 Å². The molecule has 0 aromatic heterocycles. The van der Waals surface area contributed by atoms with Crippen molar-refractivity contribution in [2.75, 3.05) is 6.54 Å². The number of hydrogen-bond acceptors (Lipinski definition) is 3. The summed E-state index contributed by atoms with van der Waals surface area (Å²) in [5.41, 5.74) is -0.542. The van der Waals surface area contributed by atoms with Gasteiger partial charge in [-0.15, -0.1) is 0 Å². The van der Waals surface area contributed by atoms with Gasteiger partial charge < -0.3 is 5.32 Å². The number of benzene rings is 1. The summed E-state index contributed by atoms with van der Waals surface area (Å²) in [5.74, 6) is -1.43. The second-order valence-electron chi connectivity index (χ2n) is 3.53. The maximum absolute atomic E-state index is 13.2. The molecule has 0 aliphatic heterocycles. The molecule has 0 radical (unpaired) electrons. The summed E-state index contributed by atoms with van der Waals surface area (Å²) in [5, 5.41) is 13.0. The van der Waals surface area contributed by atoms with E-state index in [1.54, 1.807) is 0 Å². The minimum atomic E-state index is -1.00. The molecule has 1 aromatic carbocycles. The van der Waals surface area contributed by atoms with Crippen molar-refractivity contribution in [1.29, 1.82) is 0 Å². The number of unbranched alkanes of at least 4 members (excludes halogenated alkanes) is 1. The van der Waals surface area contributed by atoms with Gasteiger partial charge in [0.25, 0.3) is 5.91 Å². The first-order valence-electron chi connectivity index (χ1n) is 5.28. The summed E-state index contributed by atoms with van der Waals surface area (Å²) >= 11 is 0. The Bertz CT molecular complexity index is 435. The van der Waals surface area contributed by atoms with Gasteiger partial charge in [-0.1, -0.05) is 13.3 Å². The van der Waals surface area contributed by atoms with E-state index in [9.17, 15) is 19.3 Å². The highest BCUT2D eigenvalue weighted by Crippen LogP contribution is 2.17. The van der Waals surface area contributed by atoms with Crippen LogP contribution in [0.3, 0.4) is 0 Å². The van der Waals surface area contributed by atoms with Crippen LogP contribution in [-0.4, -0.2) is 17.4 Å². The van der Waals surface area contributed by atoms with Crippen molar-refractivity contribution in [2.24, 2.45) is 0 Å². The molecule has 0 bridgehead atoms. The van der Waals surface area contributed by atoms with Crippen molar-refractivity contribution in [3.8, 4) is 0 Å². The van der Waals surface area contributed by atoms with Gasteiger partial charge in [0, 0.05) is 18.2 Å². The van der Waals surface area contributed by atoms with Crippen molar-refractivity contribution < 1.29 is 14.1 Å². The highest BCUT2D eigenvalue weighted by molar-refractivity contribution is 5.94. The number of carbonyl (C=O) groups excluding carboxylic acids is 1. The maximum atomic E-state index is 13.2. The van der Waals surface area contributed by atoms with Crippen molar-refractivity contribution >= 4 is 11.6 Å². The van der Waals surface area contributed by atoms with E-state index in [-0.39, 0.29) is 5.56 Å². The average Bonchev–Trinajstić information content (AvgIpc) is 2.28. The summed E-state index contributed by atoms with van der Waals surface area (Å²) in [6.45, 7) is 2.49. The molecule has 0 unspecified atom stereocenters. The number of halogens is 1. The van der Waals surface area contributed by atoms with E-state index in [0.29, 0.717) is 6.54 Å². The first-order valence-corrected chi connectivity index (χ1v) is 5.28. The molecule has 0 aliphatic rings. The lowest BCUT2D eigenvalue weighted by atomic mass is 10.2. The largest absolute Gasteiger partial charge is 0.352 e. The molecular weight excluding hydrogens is 227 g/mol. The van der Waals surface area contributed by atoms with Crippen LogP contribution >= 0.6 is 0 Å². The minimum absolute atomic E-state index is 0.0872. The molecule has 1 aromatic rings. The minimum Gasteiger partial charge on any atom is -0.352 e. The fourth-order valence-electron chi connectivity index (χ4n) is 1.28. The van der Waals surface area contributed by atoms with Crippen molar-refractivity contribution in [3.05, 3.63) is 39.7 Å². The summed E-state index contributed by atoms with van der Waals surface area (Å²) < 4.78 is 13.2. The van der Waals surface area contributed by atoms with Gasteiger partial charge in [0.1, 0.15) is 0 Å². The highest BCUT2D eigenvalue weighted by Gasteiger charge is 2.16. The van der Waals surface area contributed by atoms with Crippen LogP contribution in [0.5, 0.6) is 0 Å². The number of nitrogens with one attached hydrogen (secondary N) is 1. The summed E-state index contributed by atoms with van der Waals surface area (Å²) in [4.78, 5) is 21.1. The second-order valence-corrected chi connectivity index (χ2v) is 3.53. The molecule has 0 spiro atoms. The Morgan fingerprint density at radius 1 is 1.53 bits per heavy atom. The molecule has 17 heavy (non-hydrogen) atoms. The summed E-state index contributed by atoms with van der Waals surface area (Å²) in [7, 11) is 0. The highest BCUT2D eigenvalue weighted by atomic mass is 19.1. The number of nitro benzene ring substituents is 1. The zero-order valence-electron chi connectivity index (χ0n) is 9.40. The molecule has 0 saturated heterocycles. The van der Waals surface area contributed by atoms with Gasteiger partial charge in [-0.2, -0.15) is 4.39 Å². The molecule has 0 fully saturated rings. The Morgan fingerprint density at radius 2 is 2.24 bits per heavy atom. The zero-order valence-corrected chi connectivity index (χ0v) is 9.40. The normalized spacial score (nSPS) is 10.0. The lowest BCUT2D eigenvalue weighted by Crippen LogP contribution is -2.24. The van der Waals surface area contributed by atoms with Gasteiger partial charge >= 0.3 is 5.69 Å². The topological polar surface area (TPSA) is 72.2 Å². The summed E-state index contributed by atoms with van der Waals surface area (Å²) in [6.07, 6.45) is 1.77. The van der Waals surface area contributed by atoms with Crippen LogP contribution in [0.1, 0.15) is 30.1 Å². The van der Waals surface area contributed by atoms with Gasteiger partial charge in [-0.3, -0.25) is 14.9 Å². The van der Waals surface area contributed by atoms with Crippen LogP contribution in [0.2, 0.25) is 0 Å². The number of hydrogen-bond donors (Lipinski definition) is 1. The van der Waals surface area contributed by atoms with E-state index in [4.69, 9.17) is 0 Å². The van der Waals surface area contributed by atoms with Crippen molar-refractivity contribution in [3.63, 3.8) is 0 Å². The quantitative estimate of drug-likeness (QED) is 0.487. The molecule has 6 heteroatoms. The third-order valence-electron chi connectivity index (χ3n) is 2.22. The Balaban J connectivity index is 2.76. The Morgan fingerprint density at radius 3 is 2.76 bits per heavy atom. The molecular formula is C11H13FN2O3. The first-order chi connectivity index (χ1) is 8.06. The van der Waals surface area contributed by atoms with Gasteiger partial charge in [-0.25, -0.2) is 0 Å². The van der Waals surface area contributed by atoms with E-state index in [0.717, 1.165) is 25.0 Å². The molecule has 0 saturated carbocycles. The second kappa shape index (κ2) is 5.93. The van der Waals surface area contributed by atoms with Crippen LogP contribution in [0, 0.1) is 15.9 Å². The maximum Gasteiger partial charge on any atom is 0.304 e. The van der Waals surface area contributed by atoms with E-state index in [1.165, 1.54) is 6.07 Å². The molecule has 1 amide bonds. The first kappa shape index (κ1) is 13.1. The number of rotatable bonds is 5. The standard InChI is InChI=1S/C11H13FN2O3/c1-2-3-6-13-11(15)8-4-5-10(14(16)17)9(12)7-8/h4-5,7H,2-3,6H2,1H3,(H,13,15). The number of carbonyl (C=O) groups is 1. The predicted molar refractivity (Wildman–Crippen MR) is 60.3 cm³/mol. The van der Waals surface area contributed by atoms with Gasteiger partial charge in [0.2, 0.25) is 5.82 Å². The van der Waals surface area contributed by atoms with Crippen LogP contribution in [0.4, 0.5) is 10.1 Å². The van der Waals surface area contributed by atoms with Gasteiger partial charge in [-0.05, 0) is 18.6 Å². The molecule has 0 aliphatic carbocycles. The molecule has 0 heterocycles. The number of nitrogens with zero attached hydrogens (tertiary/aromatic N) is 1. The van der Waals surface area contributed by atoms with Gasteiger partial charge in [0.05, 0.1) is 4.92 Å². The van der Waals surface area contributed by atoms with E-state index < -0.39 is 22.3 Å². The molecule has 1 rings (SSSR count). The molecule has 1 N–H and O–H groups in total.